The number of amides is 1. The Kier molecular flexibility index (Phi) is 9.61. The van der Waals surface area contributed by atoms with Gasteiger partial charge < -0.3 is 16.0 Å². The maximum Gasteiger partial charge on any atom is 0.227 e. The number of carbonyl (C=O) groups excluding carboxylic acids is 1. The van der Waals surface area contributed by atoms with Crippen LogP contribution in [-0.2, 0) is 11.3 Å². The van der Waals surface area contributed by atoms with Crippen molar-refractivity contribution < 1.29 is 4.79 Å². The van der Waals surface area contributed by atoms with E-state index in [1.54, 1.807) is 7.05 Å². The number of guanidine groups is 1. The molecule has 3 N–H and O–H groups in total. The van der Waals surface area contributed by atoms with Gasteiger partial charge in [0, 0.05) is 32.4 Å². The van der Waals surface area contributed by atoms with Crippen molar-refractivity contribution in [2.75, 3.05) is 20.1 Å². The molecule has 8 heteroatoms. The molecule has 1 aromatic carbocycles. The maximum atomic E-state index is 12.2. The Labute approximate surface area is 190 Å². The summed E-state index contributed by atoms with van der Waals surface area (Å²) in [6.07, 6.45) is 0. The fourth-order valence-electron chi connectivity index (χ4n) is 2.92. The van der Waals surface area contributed by atoms with Gasteiger partial charge in [-0.1, -0.05) is 18.2 Å². The monoisotopic (exact) mass is 512 g/mol. The van der Waals surface area contributed by atoms with Gasteiger partial charge >= 0.3 is 0 Å². The highest BCUT2D eigenvalue weighted by Crippen LogP contribution is 2.17. The predicted octanol–water partition coefficient (Wildman–Crippen LogP) is 2.93. The second-order valence-corrected chi connectivity index (χ2v) is 7.49. The summed E-state index contributed by atoms with van der Waals surface area (Å²) in [6.45, 7) is 11.5. The maximum absolute atomic E-state index is 12.2. The molecule has 0 spiro atoms. The molecule has 0 aliphatic carbocycles. The number of hydrogen-bond donors (Lipinski definition) is 3. The predicted molar refractivity (Wildman–Crippen MR) is 129 cm³/mol. The summed E-state index contributed by atoms with van der Waals surface area (Å²) in [5, 5.41) is 14.0. The molecule has 2 rings (SSSR count). The van der Waals surface area contributed by atoms with E-state index in [4.69, 9.17) is 0 Å². The highest BCUT2D eigenvalue weighted by atomic mass is 127. The molecule has 1 amide bonds. The van der Waals surface area contributed by atoms with Crippen molar-refractivity contribution in [1.29, 1.82) is 0 Å². The number of rotatable bonds is 7. The lowest BCUT2D eigenvalue weighted by atomic mass is 9.92. The van der Waals surface area contributed by atoms with Gasteiger partial charge in [0.2, 0.25) is 5.91 Å². The summed E-state index contributed by atoms with van der Waals surface area (Å²) in [5.41, 5.74) is 3.70. The summed E-state index contributed by atoms with van der Waals surface area (Å²) < 4.78 is 1.96. The van der Waals surface area contributed by atoms with Crippen LogP contribution >= 0.6 is 24.0 Å². The topological polar surface area (TPSA) is 83.3 Å². The lowest BCUT2D eigenvalue weighted by molar-refractivity contribution is -0.128. The van der Waals surface area contributed by atoms with Crippen LogP contribution in [0.4, 0.5) is 0 Å². The minimum absolute atomic E-state index is 0. The normalized spacial score (nSPS) is 11.6. The fraction of sp³-hybridized carbons (Fsp3) is 0.476. The molecular formula is C21H33IN6O. The third-order valence-electron chi connectivity index (χ3n) is 4.55. The van der Waals surface area contributed by atoms with Crippen molar-refractivity contribution in [2.24, 2.45) is 10.4 Å². The number of aromatic nitrogens is 2. The van der Waals surface area contributed by atoms with Crippen molar-refractivity contribution in [3.63, 3.8) is 0 Å². The van der Waals surface area contributed by atoms with E-state index in [9.17, 15) is 4.79 Å². The number of nitrogens with zero attached hydrogens (tertiary/aromatic N) is 3. The van der Waals surface area contributed by atoms with Crippen molar-refractivity contribution in [3.8, 4) is 5.69 Å². The fourth-order valence-corrected chi connectivity index (χ4v) is 2.92. The molecular weight excluding hydrogens is 479 g/mol. The Bertz CT molecular complexity index is 843. The third-order valence-corrected chi connectivity index (χ3v) is 4.55. The first kappa shape index (κ1) is 24.9. The number of para-hydroxylation sites is 1. The van der Waals surface area contributed by atoms with E-state index in [2.05, 4.69) is 44.2 Å². The van der Waals surface area contributed by atoms with Crippen LogP contribution in [0, 0.1) is 19.3 Å². The van der Waals surface area contributed by atoms with Gasteiger partial charge in [-0.2, -0.15) is 5.10 Å². The van der Waals surface area contributed by atoms with Crippen LogP contribution in [0.1, 0.15) is 37.7 Å². The molecule has 0 fully saturated rings. The van der Waals surface area contributed by atoms with E-state index in [1.807, 2.05) is 51.4 Å². The molecule has 2 aromatic rings. The minimum Gasteiger partial charge on any atom is -0.356 e. The zero-order valence-electron chi connectivity index (χ0n) is 18.2. The summed E-state index contributed by atoms with van der Waals surface area (Å²) in [5.74, 6) is 0.674. The Morgan fingerprint density at radius 3 is 2.45 bits per heavy atom. The quantitative estimate of drug-likeness (QED) is 0.303. The molecule has 7 nitrogen and oxygen atoms in total. The van der Waals surface area contributed by atoms with Crippen molar-refractivity contribution in [2.45, 2.75) is 41.2 Å². The lowest BCUT2D eigenvalue weighted by Gasteiger charge is -2.25. The van der Waals surface area contributed by atoms with Gasteiger partial charge in [-0.15, -0.1) is 24.0 Å². The molecule has 0 atom stereocenters. The first-order valence-corrected chi connectivity index (χ1v) is 9.63. The summed E-state index contributed by atoms with van der Waals surface area (Å²) in [7, 11) is 1.72. The summed E-state index contributed by atoms with van der Waals surface area (Å²) in [4.78, 5) is 16.4. The first-order chi connectivity index (χ1) is 13.3. The second kappa shape index (κ2) is 11.2. The molecule has 0 aliphatic heterocycles. The van der Waals surface area contributed by atoms with Crippen LogP contribution in [0.2, 0.25) is 0 Å². The zero-order chi connectivity index (χ0) is 20.7. The zero-order valence-corrected chi connectivity index (χ0v) is 20.5. The van der Waals surface area contributed by atoms with Gasteiger partial charge in [0.25, 0.3) is 0 Å². The molecule has 29 heavy (non-hydrogen) atoms. The molecule has 0 bridgehead atoms. The summed E-state index contributed by atoms with van der Waals surface area (Å²) in [6, 6.07) is 10.2. The number of nitrogens with one attached hydrogen (secondary N) is 3. The van der Waals surface area contributed by atoms with Gasteiger partial charge in [0.05, 0.1) is 16.8 Å². The molecule has 0 aliphatic rings. The highest BCUT2D eigenvalue weighted by molar-refractivity contribution is 14.0. The van der Waals surface area contributed by atoms with E-state index < -0.39 is 5.41 Å². The van der Waals surface area contributed by atoms with E-state index in [1.165, 1.54) is 0 Å². The van der Waals surface area contributed by atoms with Crippen molar-refractivity contribution in [3.05, 3.63) is 47.3 Å². The summed E-state index contributed by atoms with van der Waals surface area (Å²) >= 11 is 0. The van der Waals surface area contributed by atoms with Gasteiger partial charge in [0.15, 0.2) is 5.96 Å². The average molecular weight is 512 g/mol. The average Bonchev–Trinajstić information content (AvgIpc) is 3.00. The Morgan fingerprint density at radius 2 is 1.86 bits per heavy atom. The number of aliphatic imine (C=N–C) groups is 1. The molecule has 0 unspecified atom stereocenters. The van der Waals surface area contributed by atoms with Crippen LogP contribution in [0.3, 0.4) is 0 Å². The Hall–Kier alpha value is -2.10. The molecule has 1 heterocycles. The molecule has 0 saturated carbocycles. The van der Waals surface area contributed by atoms with Crippen LogP contribution in [0.5, 0.6) is 0 Å². The molecule has 1 aromatic heterocycles. The number of halogens is 1. The number of hydrogen-bond acceptors (Lipinski definition) is 3. The van der Waals surface area contributed by atoms with Crippen molar-refractivity contribution >= 4 is 35.8 Å². The van der Waals surface area contributed by atoms with Gasteiger partial charge in [-0.05, 0) is 52.3 Å². The third kappa shape index (κ3) is 6.73. The molecule has 160 valence electrons. The second-order valence-electron chi connectivity index (χ2n) is 7.49. The first-order valence-electron chi connectivity index (χ1n) is 9.63. The van der Waals surface area contributed by atoms with Gasteiger partial charge in [-0.3, -0.25) is 9.79 Å². The molecule has 0 radical (unpaired) electrons. The number of aryl methyl sites for hydroxylation is 2. The smallest absolute Gasteiger partial charge is 0.227 e. The van der Waals surface area contributed by atoms with E-state index in [0.717, 1.165) is 22.6 Å². The lowest BCUT2D eigenvalue weighted by Crippen LogP contribution is -2.47. The van der Waals surface area contributed by atoms with E-state index in [0.29, 0.717) is 25.6 Å². The van der Waals surface area contributed by atoms with Crippen LogP contribution in [0.25, 0.3) is 5.69 Å². The van der Waals surface area contributed by atoms with E-state index >= 15 is 0 Å². The van der Waals surface area contributed by atoms with Crippen molar-refractivity contribution in [1.82, 2.24) is 25.7 Å². The SMILES string of the molecule is CCNC(=O)C(C)(C)CNC(=NC)NCc1ccccc1-n1nc(C)cc1C.I. The van der Waals surface area contributed by atoms with Gasteiger partial charge in [0.1, 0.15) is 0 Å². The number of carbonyl (C=O) groups is 1. The Morgan fingerprint density at radius 1 is 1.17 bits per heavy atom. The standard InChI is InChI=1S/C21H32N6O.HI/c1-7-23-19(28)21(4,5)14-25-20(22-6)24-13-17-10-8-9-11-18(17)27-16(3)12-15(2)26-27;/h8-12H,7,13-14H2,1-6H3,(H,23,28)(H2,22,24,25);1H. The van der Waals surface area contributed by atoms with Crippen LogP contribution < -0.4 is 16.0 Å². The van der Waals surface area contributed by atoms with Crippen LogP contribution in [0.15, 0.2) is 35.3 Å². The van der Waals surface area contributed by atoms with Gasteiger partial charge in [-0.25, -0.2) is 4.68 Å². The minimum atomic E-state index is -0.533. The Balaban J connectivity index is 0.00000420. The van der Waals surface area contributed by atoms with E-state index in [-0.39, 0.29) is 29.9 Å². The number of benzene rings is 1. The van der Waals surface area contributed by atoms with Crippen LogP contribution in [-0.4, -0.2) is 41.8 Å². The largest absolute Gasteiger partial charge is 0.356 e. The highest BCUT2D eigenvalue weighted by Gasteiger charge is 2.27. The molecule has 0 saturated heterocycles.